The highest BCUT2D eigenvalue weighted by Crippen LogP contribution is 2.19. The smallest absolute Gasteiger partial charge is 0.224 e. The lowest BCUT2D eigenvalue weighted by Crippen LogP contribution is -2.02. The van der Waals surface area contributed by atoms with E-state index in [0.717, 1.165) is 0 Å². The van der Waals surface area contributed by atoms with E-state index >= 15 is 0 Å². The number of fused-ring (bicyclic) bond motifs is 1. The molecule has 0 aromatic carbocycles. The third kappa shape index (κ3) is 0.934. The number of nitrogens with two attached hydrogens (primary N) is 3. The van der Waals surface area contributed by atoms with E-state index in [2.05, 4.69) is 15.0 Å². The Labute approximate surface area is 73.6 Å². The molecule has 0 fully saturated rings. The zero-order chi connectivity index (χ0) is 9.59. The molecular formula is C6H9N7. The van der Waals surface area contributed by atoms with Crippen LogP contribution in [0.4, 0.5) is 17.7 Å². The number of aromatic nitrogens is 4. The molecule has 0 radical (unpaired) electrons. The van der Waals surface area contributed by atoms with Gasteiger partial charge in [0.15, 0.2) is 11.5 Å². The second kappa shape index (κ2) is 2.22. The Hall–Kier alpha value is -2.05. The highest BCUT2D eigenvalue weighted by atomic mass is 15.2. The number of anilines is 3. The van der Waals surface area contributed by atoms with Crippen molar-refractivity contribution in [3.05, 3.63) is 0 Å². The van der Waals surface area contributed by atoms with E-state index in [4.69, 9.17) is 17.2 Å². The second-order valence-corrected chi connectivity index (χ2v) is 2.67. The summed E-state index contributed by atoms with van der Waals surface area (Å²) >= 11 is 0. The van der Waals surface area contributed by atoms with Crippen molar-refractivity contribution in [3.8, 4) is 0 Å². The number of hydrogen-bond donors (Lipinski definition) is 3. The SMILES string of the molecule is Cn1c(N)nc2nc(N)nc(N)c21. The predicted octanol–water partition coefficient (Wildman–Crippen LogP) is -0.890. The lowest BCUT2D eigenvalue weighted by atomic mass is 10.5. The van der Waals surface area contributed by atoms with Crippen molar-refractivity contribution in [2.45, 2.75) is 0 Å². The Morgan fingerprint density at radius 3 is 2.46 bits per heavy atom. The third-order valence-corrected chi connectivity index (χ3v) is 1.81. The molecule has 0 spiro atoms. The minimum atomic E-state index is 0.100. The number of nitrogen functional groups attached to an aromatic ring is 3. The lowest BCUT2D eigenvalue weighted by molar-refractivity contribution is 0.963. The first-order valence-corrected chi connectivity index (χ1v) is 3.60. The summed E-state index contributed by atoms with van der Waals surface area (Å²) in [5.41, 5.74) is 17.6. The van der Waals surface area contributed by atoms with Gasteiger partial charge < -0.3 is 21.8 Å². The second-order valence-electron chi connectivity index (χ2n) is 2.67. The maximum Gasteiger partial charge on any atom is 0.224 e. The largest absolute Gasteiger partial charge is 0.382 e. The van der Waals surface area contributed by atoms with Gasteiger partial charge in [-0.05, 0) is 0 Å². The summed E-state index contributed by atoms with van der Waals surface area (Å²) in [5.74, 6) is 0.721. The molecule has 2 aromatic heterocycles. The quantitative estimate of drug-likeness (QED) is 0.482. The van der Waals surface area contributed by atoms with Crippen LogP contribution in [0.15, 0.2) is 0 Å². The standard InChI is InChI=1S/C6H9N7/c1-13-2-3(7)10-5(8)11-4(2)12-6(13)9/h1H3,(H6,7,8,9,10,11,12). The first-order chi connectivity index (χ1) is 6.09. The van der Waals surface area contributed by atoms with Gasteiger partial charge in [0.1, 0.15) is 5.52 Å². The minimum absolute atomic E-state index is 0.100. The van der Waals surface area contributed by atoms with Crippen LogP contribution in [0.5, 0.6) is 0 Å². The highest BCUT2D eigenvalue weighted by Gasteiger charge is 2.10. The molecule has 2 heterocycles. The van der Waals surface area contributed by atoms with Gasteiger partial charge in [-0.1, -0.05) is 0 Å². The van der Waals surface area contributed by atoms with Crippen molar-refractivity contribution in [3.63, 3.8) is 0 Å². The van der Waals surface area contributed by atoms with Crippen LogP contribution >= 0.6 is 0 Å². The molecule has 0 bridgehead atoms. The lowest BCUT2D eigenvalue weighted by Gasteiger charge is -1.99. The molecule has 0 saturated carbocycles. The van der Waals surface area contributed by atoms with Crippen LogP contribution in [0.25, 0.3) is 11.2 Å². The van der Waals surface area contributed by atoms with Crippen LogP contribution < -0.4 is 17.2 Å². The molecule has 0 aliphatic rings. The molecule has 13 heavy (non-hydrogen) atoms. The molecule has 6 N–H and O–H groups in total. The number of imidazole rings is 1. The normalized spacial score (nSPS) is 10.8. The number of aryl methyl sites for hydroxylation is 1. The van der Waals surface area contributed by atoms with Crippen LogP contribution in [-0.4, -0.2) is 19.5 Å². The van der Waals surface area contributed by atoms with E-state index in [1.165, 1.54) is 0 Å². The fraction of sp³-hybridized carbons (Fsp3) is 0.167. The molecule has 2 aromatic rings. The van der Waals surface area contributed by atoms with Crippen molar-refractivity contribution in [1.82, 2.24) is 19.5 Å². The topological polar surface area (TPSA) is 122 Å². The van der Waals surface area contributed by atoms with Gasteiger partial charge in [-0.3, -0.25) is 0 Å². The average molecular weight is 179 g/mol. The summed E-state index contributed by atoms with van der Waals surface area (Å²) in [6.45, 7) is 0. The van der Waals surface area contributed by atoms with Crippen LogP contribution in [-0.2, 0) is 7.05 Å². The minimum Gasteiger partial charge on any atom is -0.382 e. The summed E-state index contributed by atoms with van der Waals surface area (Å²) in [6, 6.07) is 0. The van der Waals surface area contributed by atoms with Crippen LogP contribution in [0, 0.1) is 0 Å². The van der Waals surface area contributed by atoms with Gasteiger partial charge in [0, 0.05) is 7.05 Å². The highest BCUT2D eigenvalue weighted by molar-refractivity contribution is 5.85. The van der Waals surface area contributed by atoms with E-state index in [9.17, 15) is 0 Å². The van der Waals surface area contributed by atoms with E-state index in [0.29, 0.717) is 17.1 Å². The van der Waals surface area contributed by atoms with Crippen molar-refractivity contribution in [2.24, 2.45) is 7.05 Å². The van der Waals surface area contributed by atoms with E-state index < -0.39 is 0 Å². The van der Waals surface area contributed by atoms with Crippen molar-refractivity contribution < 1.29 is 0 Å². The molecule has 7 heteroatoms. The van der Waals surface area contributed by atoms with Gasteiger partial charge in [-0.15, -0.1) is 0 Å². The monoisotopic (exact) mass is 179 g/mol. The number of rotatable bonds is 0. The predicted molar refractivity (Wildman–Crippen MR) is 49.5 cm³/mol. The van der Waals surface area contributed by atoms with Crippen molar-refractivity contribution in [1.29, 1.82) is 0 Å². The van der Waals surface area contributed by atoms with E-state index in [-0.39, 0.29) is 11.8 Å². The Bertz CT molecular complexity index is 471. The first kappa shape index (κ1) is 7.59. The number of nitrogens with zero attached hydrogens (tertiary/aromatic N) is 4. The molecular weight excluding hydrogens is 170 g/mol. The maximum atomic E-state index is 5.62. The third-order valence-electron chi connectivity index (χ3n) is 1.81. The van der Waals surface area contributed by atoms with Gasteiger partial charge in [-0.25, -0.2) is 0 Å². The molecule has 68 valence electrons. The van der Waals surface area contributed by atoms with E-state index in [1.807, 2.05) is 0 Å². The zero-order valence-corrected chi connectivity index (χ0v) is 7.02. The van der Waals surface area contributed by atoms with E-state index in [1.54, 1.807) is 11.6 Å². The fourth-order valence-corrected chi connectivity index (χ4v) is 1.18. The van der Waals surface area contributed by atoms with Gasteiger partial charge >= 0.3 is 0 Å². The Morgan fingerprint density at radius 2 is 1.77 bits per heavy atom. The van der Waals surface area contributed by atoms with Crippen molar-refractivity contribution >= 4 is 28.9 Å². The van der Waals surface area contributed by atoms with Crippen LogP contribution in [0.2, 0.25) is 0 Å². The maximum absolute atomic E-state index is 5.62. The van der Waals surface area contributed by atoms with Crippen molar-refractivity contribution in [2.75, 3.05) is 17.2 Å². The van der Waals surface area contributed by atoms with Crippen LogP contribution in [0.1, 0.15) is 0 Å². The average Bonchev–Trinajstić information content (AvgIpc) is 2.27. The first-order valence-electron chi connectivity index (χ1n) is 3.60. The zero-order valence-electron chi connectivity index (χ0n) is 7.02. The number of hydrogen-bond acceptors (Lipinski definition) is 6. The molecule has 0 aliphatic heterocycles. The molecule has 2 rings (SSSR count). The summed E-state index contributed by atoms with van der Waals surface area (Å²) in [7, 11) is 1.74. The summed E-state index contributed by atoms with van der Waals surface area (Å²) < 4.78 is 1.62. The van der Waals surface area contributed by atoms with Gasteiger partial charge in [-0.2, -0.15) is 15.0 Å². The molecule has 0 atom stereocenters. The Morgan fingerprint density at radius 1 is 1.08 bits per heavy atom. The summed E-state index contributed by atoms with van der Waals surface area (Å²) in [6.07, 6.45) is 0. The van der Waals surface area contributed by atoms with Gasteiger partial charge in [0.25, 0.3) is 0 Å². The molecule has 0 unspecified atom stereocenters. The van der Waals surface area contributed by atoms with Gasteiger partial charge in [0.2, 0.25) is 11.9 Å². The summed E-state index contributed by atoms with van der Waals surface area (Å²) in [4.78, 5) is 11.7. The summed E-state index contributed by atoms with van der Waals surface area (Å²) in [5, 5.41) is 0. The fourth-order valence-electron chi connectivity index (χ4n) is 1.18. The van der Waals surface area contributed by atoms with Gasteiger partial charge in [0.05, 0.1) is 0 Å². The molecule has 0 saturated heterocycles. The van der Waals surface area contributed by atoms with Crippen LogP contribution in [0.3, 0.4) is 0 Å². The Balaban J connectivity index is 2.94. The molecule has 0 aliphatic carbocycles. The molecule has 7 nitrogen and oxygen atoms in total. The molecule has 0 amide bonds. The Kier molecular flexibility index (Phi) is 1.30.